The van der Waals surface area contributed by atoms with E-state index in [0.29, 0.717) is 17.9 Å². The maximum absolute atomic E-state index is 14.3. The van der Waals surface area contributed by atoms with E-state index in [4.69, 9.17) is 25.8 Å². The minimum atomic E-state index is -4.47. The fourth-order valence-corrected chi connectivity index (χ4v) is 5.90. The van der Waals surface area contributed by atoms with Crippen LogP contribution in [-0.2, 0) is 26.2 Å². The number of benzene rings is 3. The number of anilines is 1. The predicted octanol–water partition coefficient (Wildman–Crippen LogP) is 4.89. The Morgan fingerprint density at radius 3 is 2.09 bits per heavy atom. The highest BCUT2D eigenvalue weighted by Crippen LogP contribution is 2.37. The largest absolute Gasteiger partial charge is 0.495 e. The van der Waals surface area contributed by atoms with Gasteiger partial charge in [0.15, 0.2) is 11.5 Å². The molecule has 0 aliphatic heterocycles. The first-order chi connectivity index (χ1) is 20.8. The van der Waals surface area contributed by atoms with Crippen molar-refractivity contribution in [1.82, 2.24) is 10.2 Å². The molecule has 44 heavy (non-hydrogen) atoms. The molecule has 3 aromatic rings. The van der Waals surface area contributed by atoms with E-state index in [1.165, 1.54) is 86.9 Å². The van der Waals surface area contributed by atoms with Crippen LogP contribution >= 0.6 is 11.6 Å². The van der Waals surface area contributed by atoms with E-state index in [-0.39, 0.29) is 39.6 Å². The number of hydrogen-bond donors (Lipinski definition) is 1. The van der Waals surface area contributed by atoms with E-state index >= 15 is 0 Å². The van der Waals surface area contributed by atoms with Crippen LogP contribution in [0.1, 0.15) is 26.3 Å². The molecule has 238 valence electrons. The molecule has 0 heterocycles. The highest BCUT2D eigenvalue weighted by molar-refractivity contribution is 7.92. The highest BCUT2D eigenvalue weighted by Gasteiger charge is 2.34. The Kier molecular flexibility index (Phi) is 11.8. The molecule has 3 aromatic carbocycles. The third-order valence-corrected chi connectivity index (χ3v) is 8.74. The van der Waals surface area contributed by atoms with Gasteiger partial charge in [-0.3, -0.25) is 13.9 Å². The van der Waals surface area contributed by atoms with Crippen LogP contribution in [0, 0.1) is 11.7 Å². The Balaban J connectivity index is 2.13. The van der Waals surface area contributed by atoms with Crippen LogP contribution in [0.25, 0.3) is 0 Å². The molecule has 0 unspecified atom stereocenters. The third-order valence-electron chi connectivity index (χ3n) is 6.75. The molecular formula is C31H37ClFN3O7S. The predicted molar refractivity (Wildman–Crippen MR) is 166 cm³/mol. The molecule has 10 nitrogen and oxygen atoms in total. The van der Waals surface area contributed by atoms with E-state index in [0.717, 1.165) is 4.31 Å². The van der Waals surface area contributed by atoms with Crippen molar-refractivity contribution in [3.63, 3.8) is 0 Å². The van der Waals surface area contributed by atoms with Crippen LogP contribution in [0.5, 0.6) is 17.2 Å². The first-order valence-corrected chi connectivity index (χ1v) is 15.5. The number of halogens is 2. The second-order valence-electron chi connectivity index (χ2n) is 10.3. The van der Waals surface area contributed by atoms with Crippen LogP contribution in [0.4, 0.5) is 10.1 Å². The molecule has 1 N–H and O–H groups in total. The van der Waals surface area contributed by atoms with E-state index in [9.17, 15) is 22.4 Å². The molecule has 0 aromatic heterocycles. The van der Waals surface area contributed by atoms with Crippen molar-refractivity contribution in [1.29, 1.82) is 0 Å². The fraction of sp³-hybridized carbons (Fsp3) is 0.355. The lowest BCUT2D eigenvalue weighted by molar-refractivity contribution is -0.139. The molecule has 13 heteroatoms. The van der Waals surface area contributed by atoms with Gasteiger partial charge in [0, 0.05) is 24.2 Å². The number of methoxy groups -OCH3 is 3. The Labute approximate surface area is 262 Å². The van der Waals surface area contributed by atoms with Gasteiger partial charge in [-0.25, -0.2) is 12.8 Å². The number of hydrogen-bond acceptors (Lipinski definition) is 7. The molecule has 2 amide bonds. The summed E-state index contributed by atoms with van der Waals surface area (Å²) >= 11 is 6.28. The monoisotopic (exact) mass is 649 g/mol. The molecule has 0 saturated carbocycles. The van der Waals surface area contributed by atoms with Crippen LogP contribution in [0.15, 0.2) is 65.6 Å². The summed E-state index contributed by atoms with van der Waals surface area (Å²) < 4.78 is 59.0. The zero-order valence-electron chi connectivity index (χ0n) is 25.5. The van der Waals surface area contributed by atoms with Gasteiger partial charge in [-0.1, -0.05) is 37.6 Å². The van der Waals surface area contributed by atoms with Crippen molar-refractivity contribution in [3.8, 4) is 17.2 Å². The summed E-state index contributed by atoms with van der Waals surface area (Å²) in [4.78, 5) is 28.3. The highest BCUT2D eigenvalue weighted by atomic mass is 35.5. The molecular weight excluding hydrogens is 613 g/mol. The van der Waals surface area contributed by atoms with Gasteiger partial charge in [-0.05, 0) is 60.9 Å². The Bertz CT molecular complexity index is 1570. The summed E-state index contributed by atoms with van der Waals surface area (Å²) in [5.74, 6) is -0.831. The van der Waals surface area contributed by atoms with Gasteiger partial charge in [0.25, 0.3) is 10.0 Å². The number of rotatable bonds is 14. The SMILES string of the molecule is COc1ccc(S(=O)(=O)N(CC(=O)N(Cc2ccc(F)cc2)[C@@H](C)C(=O)NCC(C)C)c2cc(Cl)ccc2OC)cc1OC. The van der Waals surface area contributed by atoms with Crippen molar-refractivity contribution in [2.75, 3.05) is 38.7 Å². The van der Waals surface area contributed by atoms with E-state index in [2.05, 4.69) is 5.32 Å². The quantitative estimate of drug-likeness (QED) is 0.265. The number of sulfonamides is 1. The minimum Gasteiger partial charge on any atom is -0.495 e. The molecule has 0 fully saturated rings. The van der Waals surface area contributed by atoms with Gasteiger partial charge in [0.05, 0.1) is 31.9 Å². The second-order valence-corrected chi connectivity index (χ2v) is 12.6. The first-order valence-electron chi connectivity index (χ1n) is 13.7. The van der Waals surface area contributed by atoms with Crippen LogP contribution in [0.2, 0.25) is 5.02 Å². The lowest BCUT2D eigenvalue weighted by Gasteiger charge is -2.32. The van der Waals surface area contributed by atoms with Gasteiger partial charge >= 0.3 is 0 Å². The Morgan fingerprint density at radius 2 is 1.50 bits per heavy atom. The third kappa shape index (κ3) is 8.32. The summed E-state index contributed by atoms with van der Waals surface area (Å²) in [5.41, 5.74) is 0.541. The summed E-state index contributed by atoms with van der Waals surface area (Å²) in [7, 11) is -0.327. The zero-order valence-corrected chi connectivity index (χ0v) is 27.0. The average Bonchev–Trinajstić information content (AvgIpc) is 3.01. The van der Waals surface area contributed by atoms with E-state index in [1.807, 2.05) is 13.8 Å². The number of ether oxygens (including phenoxy) is 3. The van der Waals surface area contributed by atoms with Gasteiger partial charge in [-0.2, -0.15) is 0 Å². The van der Waals surface area contributed by atoms with Crippen LogP contribution in [0.3, 0.4) is 0 Å². The van der Waals surface area contributed by atoms with E-state index in [1.54, 1.807) is 6.92 Å². The molecule has 3 rings (SSSR count). The van der Waals surface area contributed by atoms with Crippen molar-refractivity contribution in [2.24, 2.45) is 5.92 Å². The molecule has 0 aliphatic rings. The number of nitrogens with one attached hydrogen (secondary N) is 1. The average molecular weight is 650 g/mol. The van der Waals surface area contributed by atoms with Gasteiger partial charge in [0.2, 0.25) is 11.8 Å². The van der Waals surface area contributed by atoms with Crippen molar-refractivity contribution in [2.45, 2.75) is 38.3 Å². The Morgan fingerprint density at radius 1 is 0.886 bits per heavy atom. The number of nitrogens with zero attached hydrogens (tertiary/aromatic N) is 2. The van der Waals surface area contributed by atoms with Crippen LogP contribution < -0.4 is 23.8 Å². The number of amides is 2. The summed E-state index contributed by atoms with van der Waals surface area (Å²) in [6.45, 7) is 4.97. The maximum atomic E-state index is 14.3. The van der Waals surface area contributed by atoms with Crippen molar-refractivity contribution in [3.05, 3.63) is 77.1 Å². The van der Waals surface area contributed by atoms with Gasteiger partial charge in [0.1, 0.15) is 24.2 Å². The van der Waals surface area contributed by atoms with Gasteiger partial charge < -0.3 is 24.4 Å². The van der Waals surface area contributed by atoms with Crippen molar-refractivity contribution >= 4 is 39.1 Å². The molecule has 1 atom stereocenters. The lowest BCUT2D eigenvalue weighted by Crippen LogP contribution is -2.51. The summed E-state index contributed by atoms with van der Waals surface area (Å²) in [6.07, 6.45) is 0. The maximum Gasteiger partial charge on any atom is 0.265 e. The molecule has 0 spiro atoms. The lowest BCUT2D eigenvalue weighted by atomic mass is 10.1. The smallest absolute Gasteiger partial charge is 0.265 e. The standard InChI is InChI=1S/C31H37ClFN3O7S/c1-20(2)17-34-31(38)21(3)35(18-22-7-10-24(33)11-8-22)30(37)19-36(26-15-23(32)9-13-27(26)41-4)44(39,40)25-12-14-28(42-5)29(16-25)43-6/h7-16,20-21H,17-19H2,1-6H3,(H,34,38)/t21-/m0/s1. The Hall–Kier alpha value is -4.03. The minimum absolute atomic E-state index is 0.00165. The molecule has 0 bridgehead atoms. The number of carbonyl (C=O) groups is 2. The molecule has 0 saturated heterocycles. The molecule has 0 radical (unpaired) electrons. The van der Waals surface area contributed by atoms with Gasteiger partial charge in [-0.15, -0.1) is 0 Å². The fourth-order valence-electron chi connectivity index (χ4n) is 4.30. The number of carbonyl (C=O) groups excluding carboxylic acids is 2. The van der Waals surface area contributed by atoms with Crippen LogP contribution in [-0.4, -0.2) is 65.6 Å². The normalized spacial score (nSPS) is 11.9. The van der Waals surface area contributed by atoms with Crippen molar-refractivity contribution < 1.29 is 36.6 Å². The molecule has 0 aliphatic carbocycles. The summed E-state index contributed by atoms with van der Waals surface area (Å²) in [6, 6.07) is 12.9. The zero-order chi connectivity index (χ0) is 32.6. The first kappa shape index (κ1) is 34.5. The summed E-state index contributed by atoms with van der Waals surface area (Å²) in [5, 5.41) is 3.01. The topological polar surface area (TPSA) is 114 Å². The second kappa shape index (κ2) is 15.1. The van der Waals surface area contributed by atoms with E-state index < -0.39 is 40.2 Å².